The second-order valence-corrected chi connectivity index (χ2v) is 4.79. The van der Waals surface area contributed by atoms with Crippen LogP contribution in [0.1, 0.15) is 30.7 Å². The predicted octanol–water partition coefficient (Wildman–Crippen LogP) is 2.67. The van der Waals surface area contributed by atoms with Gasteiger partial charge in [0.25, 0.3) is 0 Å². The van der Waals surface area contributed by atoms with Gasteiger partial charge in [0, 0.05) is 18.3 Å². The zero-order valence-electron chi connectivity index (χ0n) is 9.85. The lowest BCUT2D eigenvalue weighted by Crippen LogP contribution is -2.11. The predicted molar refractivity (Wildman–Crippen MR) is 68.5 cm³/mol. The SMILES string of the molecule is CCCn1ncc(Br)c1C(O)c1cncc(F)c1. The molecule has 0 saturated carbocycles. The molecule has 1 N–H and O–H groups in total. The van der Waals surface area contributed by atoms with Crippen LogP contribution in [0.15, 0.2) is 29.1 Å². The van der Waals surface area contributed by atoms with Crippen LogP contribution in [0.4, 0.5) is 4.39 Å². The van der Waals surface area contributed by atoms with Crippen molar-refractivity contribution in [2.75, 3.05) is 0 Å². The summed E-state index contributed by atoms with van der Waals surface area (Å²) in [4.78, 5) is 3.74. The van der Waals surface area contributed by atoms with E-state index in [9.17, 15) is 9.50 Å². The van der Waals surface area contributed by atoms with Crippen molar-refractivity contribution < 1.29 is 9.50 Å². The summed E-state index contributed by atoms with van der Waals surface area (Å²) in [5, 5.41) is 14.5. The van der Waals surface area contributed by atoms with Gasteiger partial charge in [-0.05, 0) is 28.4 Å². The Labute approximate surface area is 113 Å². The molecule has 0 saturated heterocycles. The molecule has 2 heterocycles. The summed E-state index contributed by atoms with van der Waals surface area (Å²) in [7, 11) is 0. The monoisotopic (exact) mass is 313 g/mol. The number of hydrogen-bond donors (Lipinski definition) is 1. The van der Waals surface area contributed by atoms with Crippen LogP contribution >= 0.6 is 15.9 Å². The van der Waals surface area contributed by atoms with E-state index in [1.165, 1.54) is 12.3 Å². The first-order valence-corrected chi connectivity index (χ1v) is 6.42. The Morgan fingerprint density at radius 3 is 2.89 bits per heavy atom. The first-order valence-electron chi connectivity index (χ1n) is 5.63. The van der Waals surface area contributed by atoms with Crippen molar-refractivity contribution in [3.8, 4) is 0 Å². The van der Waals surface area contributed by atoms with Crippen LogP contribution in [0.25, 0.3) is 0 Å². The Morgan fingerprint density at radius 1 is 1.44 bits per heavy atom. The number of aliphatic hydroxyl groups is 1. The van der Waals surface area contributed by atoms with Crippen LogP contribution < -0.4 is 0 Å². The number of aromatic nitrogens is 3. The van der Waals surface area contributed by atoms with Crippen LogP contribution in [0.3, 0.4) is 0 Å². The quantitative estimate of drug-likeness (QED) is 0.944. The van der Waals surface area contributed by atoms with Crippen LogP contribution in [-0.2, 0) is 6.54 Å². The Balaban J connectivity index is 2.39. The molecule has 0 bridgehead atoms. The Morgan fingerprint density at radius 2 is 2.22 bits per heavy atom. The van der Waals surface area contributed by atoms with Crippen molar-refractivity contribution in [3.05, 3.63) is 46.2 Å². The maximum Gasteiger partial charge on any atom is 0.141 e. The van der Waals surface area contributed by atoms with E-state index >= 15 is 0 Å². The third-order valence-corrected chi connectivity index (χ3v) is 3.18. The summed E-state index contributed by atoms with van der Waals surface area (Å²) in [6.45, 7) is 2.72. The van der Waals surface area contributed by atoms with E-state index in [-0.39, 0.29) is 0 Å². The summed E-state index contributed by atoms with van der Waals surface area (Å²) in [5.74, 6) is -0.468. The van der Waals surface area contributed by atoms with Crippen molar-refractivity contribution in [1.82, 2.24) is 14.8 Å². The molecule has 0 aliphatic rings. The molecule has 0 aliphatic carbocycles. The molecule has 2 aromatic heterocycles. The lowest BCUT2D eigenvalue weighted by Gasteiger charge is -2.14. The van der Waals surface area contributed by atoms with Gasteiger partial charge >= 0.3 is 0 Å². The molecule has 0 fully saturated rings. The molecular formula is C12H13BrFN3O. The van der Waals surface area contributed by atoms with E-state index in [0.29, 0.717) is 22.3 Å². The van der Waals surface area contributed by atoms with Gasteiger partial charge in [0.05, 0.1) is 22.6 Å². The molecular weight excluding hydrogens is 301 g/mol. The molecule has 4 nitrogen and oxygen atoms in total. The summed E-state index contributed by atoms with van der Waals surface area (Å²) >= 11 is 3.35. The topological polar surface area (TPSA) is 50.9 Å². The minimum atomic E-state index is -0.948. The highest BCUT2D eigenvalue weighted by molar-refractivity contribution is 9.10. The number of hydrogen-bond acceptors (Lipinski definition) is 3. The fraction of sp³-hybridized carbons (Fsp3) is 0.333. The minimum Gasteiger partial charge on any atom is -0.382 e. The lowest BCUT2D eigenvalue weighted by molar-refractivity contribution is 0.205. The van der Waals surface area contributed by atoms with Gasteiger partial charge in [-0.1, -0.05) is 6.92 Å². The van der Waals surface area contributed by atoms with Crippen molar-refractivity contribution in [2.45, 2.75) is 26.0 Å². The van der Waals surface area contributed by atoms with Crippen LogP contribution in [0.5, 0.6) is 0 Å². The molecule has 1 unspecified atom stereocenters. The molecule has 2 aromatic rings. The van der Waals surface area contributed by atoms with Gasteiger partial charge in [0.1, 0.15) is 11.9 Å². The zero-order valence-corrected chi connectivity index (χ0v) is 11.4. The Kier molecular flexibility index (Phi) is 4.08. The standard InChI is InChI=1S/C12H13BrFN3O/c1-2-3-17-11(10(13)7-16-17)12(18)8-4-9(14)6-15-5-8/h4-7,12,18H,2-3H2,1H3. The first-order chi connectivity index (χ1) is 8.63. The van der Waals surface area contributed by atoms with Gasteiger partial charge in [0.2, 0.25) is 0 Å². The van der Waals surface area contributed by atoms with Gasteiger partial charge in [-0.15, -0.1) is 0 Å². The maximum absolute atomic E-state index is 13.1. The summed E-state index contributed by atoms with van der Waals surface area (Å²) in [5.41, 5.74) is 1.03. The average Bonchev–Trinajstić information content (AvgIpc) is 2.70. The third kappa shape index (κ3) is 2.59. The molecule has 6 heteroatoms. The van der Waals surface area contributed by atoms with E-state index in [0.717, 1.165) is 12.6 Å². The Bertz CT molecular complexity index is 544. The Hall–Kier alpha value is -1.27. The molecule has 0 aromatic carbocycles. The smallest absolute Gasteiger partial charge is 0.141 e. The summed E-state index contributed by atoms with van der Waals surface area (Å²) in [6.07, 6.45) is 4.13. The number of nitrogens with zero attached hydrogens (tertiary/aromatic N) is 3. The molecule has 1 atom stereocenters. The molecule has 0 spiro atoms. The van der Waals surface area contributed by atoms with Gasteiger partial charge in [0.15, 0.2) is 0 Å². The van der Waals surface area contributed by atoms with Crippen molar-refractivity contribution in [1.29, 1.82) is 0 Å². The lowest BCUT2D eigenvalue weighted by atomic mass is 10.1. The molecule has 96 valence electrons. The van der Waals surface area contributed by atoms with Gasteiger partial charge in [-0.3, -0.25) is 9.67 Å². The molecule has 18 heavy (non-hydrogen) atoms. The van der Waals surface area contributed by atoms with E-state index < -0.39 is 11.9 Å². The fourth-order valence-electron chi connectivity index (χ4n) is 1.77. The highest BCUT2D eigenvalue weighted by Gasteiger charge is 2.20. The molecule has 0 amide bonds. The van der Waals surface area contributed by atoms with Gasteiger partial charge < -0.3 is 5.11 Å². The summed E-state index contributed by atoms with van der Waals surface area (Å²) in [6, 6.07) is 1.27. The highest BCUT2D eigenvalue weighted by Crippen LogP contribution is 2.28. The normalized spacial score (nSPS) is 12.7. The second-order valence-electron chi connectivity index (χ2n) is 3.94. The second kappa shape index (κ2) is 5.58. The van der Waals surface area contributed by atoms with Crippen LogP contribution in [0, 0.1) is 5.82 Å². The summed E-state index contributed by atoms with van der Waals surface area (Å²) < 4.78 is 15.5. The maximum atomic E-state index is 13.1. The van der Waals surface area contributed by atoms with Crippen molar-refractivity contribution >= 4 is 15.9 Å². The highest BCUT2D eigenvalue weighted by atomic mass is 79.9. The number of rotatable bonds is 4. The molecule has 2 rings (SSSR count). The fourth-order valence-corrected chi connectivity index (χ4v) is 2.28. The van der Waals surface area contributed by atoms with Gasteiger partial charge in [-0.25, -0.2) is 4.39 Å². The largest absolute Gasteiger partial charge is 0.382 e. The number of halogens is 2. The van der Waals surface area contributed by atoms with E-state index in [1.807, 2.05) is 6.92 Å². The number of aliphatic hydroxyl groups excluding tert-OH is 1. The third-order valence-electron chi connectivity index (χ3n) is 2.57. The van der Waals surface area contributed by atoms with Crippen LogP contribution in [0.2, 0.25) is 0 Å². The van der Waals surface area contributed by atoms with E-state index in [1.54, 1.807) is 10.9 Å². The zero-order chi connectivity index (χ0) is 13.1. The van der Waals surface area contributed by atoms with Gasteiger partial charge in [-0.2, -0.15) is 5.10 Å². The number of aryl methyl sites for hydroxylation is 1. The molecule has 0 aliphatic heterocycles. The number of pyridine rings is 1. The average molecular weight is 314 g/mol. The van der Waals surface area contributed by atoms with Crippen LogP contribution in [-0.4, -0.2) is 19.9 Å². The van der Waals surface area contributed by atoms with Crippen molar-refractivity contribution in [2.24, 2.45) is 0 Å². The van der Waals surface area contributed by atoms with E-state index in [4.69, 9.17) is 0 Å². The molecule has 0 radical (unpaired) electrons. The first kappa shape index (κ1) is 13.2. The van der Waals surface area contributed by atoms with E-state index in [2.05, 4.69) is 26.0 Å². The minimum absolute atomic E-state index is 0.411. The van der Waals surface area contributed by atoms with Crippen molar-refractivity contribution in [3.63, 3.8) is 0 Å².